The third-order valence-electron chi connectivity index (χ3n) is 3.95. The van der Waals surface area contributed by atoms with Gasteiger partial charge >= 0.3 is 0 Å². The van der Waals surface area contributed by atoms with E-state index in [9.17, 15) is 5.11 Å². The number of aromatic hydroxyl groups is 1. The Bertz CT molecular complexity index is 648. The van der Waals surface area contributed by atoms with Gasteiger partial charge in [-0.15, -0.1) is 0 Å². The first kappa shape index (κ1) is 15.6. The molecule has 0 radical (unpaired) electrons. The fourth-order valence-corrected chi connectivity index (χ4v) is 2.80. The first-order valence-electron chi connectivity index (χ1n) is 7.87. The van der Waals surface area contributed by atoms with Crippen molar-refractivity contribution >= 4 is 0 Å². The Morgan fingerprint density at radius 3 is 2.52 bits per heavy atom. The van der Waals surface area contributed by atoms with E-state index in [1.165, 1.54) is 0 Å². The maximum absolute atomic E-state index is 10.3. The quantitative estimate of drug-likeness (QED) is 0.792. The summed E-state index contributed by atoms with van der Waals surface area (Å²) in [5.41, 5.74) is 7.18. The summed E-state index contributed by atoms with van der Waals surface area (Å²) in [5, 5.41) is 10.3. The number of benzene rings is 2. The van der Waals surface area contributed by atoms with E-state index >= 15 is 0 Å². The molecule has 1 heterocycles. The molecule has 3 unspecified atom stereocenters. The molecule has 1 saturated heterocycles. The van der Waals surface area contributed by atoms with Crippen LogP contribution in [-0.4, -0.2) is 23.9 Å². The molecule has 1 fully saturated rings. The number of hydrazine groups is 1. The topological polar surface area (TPSA) is 62.8 Å². The number of phenolic OH excluding ortho intramolecular Hbond substituents is 1. The lowest BCUT2D eigenvalue weighted by atomic mass is 9.98. The molecule has 122 valence electrons. The minimum absolute atomic E-state index is 0.103. The van der Waals surface area contributed by atoms with Gasteiger partial charge in [0.05, 0.1) is 18.7 Å². The third-order valence-corrected chi connectivity index (χ3v) is 3.95. The van der Waals surface area contributed by atoms with Gasteiger partial charge in [-0.05, 0) is 38.1 Å². The zero-order valence-corrected chi connectivity index (χ0v) is 13.3. The smallest absolute Gasteiger partial charge is 0.136 e. The van der Waals surface area contributed by atoms with Gasteiger partial charge in [0.1, 0.15) is 23.4 Å². The molecule has 3 N–H and O–H groups in total. The van der Waals surface area contributed by atoms with E-state index in [0.29, 0.717) is 12.4 Å². The van der Waals surface area contributed by atoms with Crippen molar-refractivity contribution < 1.29 is 14.6 Å². The van der Waals surface area contributed by atoms with E-state index in [4.69, 9.17) is 9.47 Å². The van der Waals surface area contributed by atoms with Crippen LogP contribution in [-0.2, 0) is 0 Å². The average Bonchev–Trinajstić information content (AvgIpc) is 2.90. The highest BCUT2D eigenvalue weighted by atomic mass is 16.5. The van der Waals surface area contributed by atoms with Crippen LogP contribution in [0.25, 0.3) is 0 Å². The lowest BCUT2D eigenvalue weighted by molar-refractivity contribution is 0.170. The molecule has 0 aliphatic carbocycles. The minimum atomic E-state index is -0.152. The SMILES string of the molecule is CCOc1ccc(C2NNC(C)C2Oc2ccccc2)c(O)c1. The summed E-state index contributed by atoms with van der Waals surface area (Å²) < 4.78 is 11.5. The summed E-state index contributed by atoms with van der Waals surface area (Å²) in [7, 11) is 0. The Hall–Kier alpha value is -2.24. The van der Waals surface area contributed by atoms with Gasteiger partial charge in [-0.2, -0.15) is 0 Å². The van der Waals surface area contributed by atoms with Gasteiger partial charge in [-0.1, -0.05) is 18.2 Å². The van der Waals surface area contributed by atoms with Gasteiger partial charge in [0, 0.05) is 11.6 Å². The zero-order chi connectivity index (χ0) is 16.2. The first-order chi connectivity index (χ1) is 11.2. The van der Waals surface area contributed by atoms with Crippen molar-refractivity contribution in [2.24, 2.45) is 0 Å². The average molecular weight is 314 g/mol. The van der Waals surface area contributed by atoms with Gasteiger partial charge in [0.15, 0.2) is 0 Å². The second kappa shape index (κ2) is 6.89. The highest BCUT2D eigenvalue weighted by molar-refractivity contribution is 5.42. The molecular formula is C18H22N2O3. The van der Waals surface area contributed by atoms with Crippen LogP contribution >= 0.6 is 0 Å². The molecule has 0 amide bonds. The molecule has 0 spiro atoms. The van der Waals surface area contributed by atoms with E-state index in [2.05, 4.69) is 10.9 Å². The number of hydrogen-bond acceptors (Lipinski definition) is 5. The minimum Gasteiger partial charge on any atom is -0.507 e. The molecule has 1 aliphatic rings. The van der Waals surface area contributed by atoms with Crippen LogP contribution in [0.2, 0.25) is 0 Å². The highest BCUT2D eigenvalue weighted by Gasteiger charge is 2.37. The van der Waals surface area contributed by atoms with E-state index in [1.54, 1.807) is 6.07 Å². The summed E-state index contributed by atoms with van der Waals surface area (Å²) in [6.07, 6.45) is -0.138. The summed E-state index contributed by atoms with van der Waals surface area (Å²) in [6, 6.07) is 15.0. The Kier molecular flexibility index (Phi) is 4.69. The van der Waals surface area contributed by atoms with E-state index in [-0.39, 0.29) is 23.9 Å². The number of para-hydroxylation sites is 1. The van der Waals surface area contributed by atoms with Crippen LogP contribution in [0.15, 0.2) is 48.5 Å². The van der Waals surface area contributed by atoms with Crippen molar-refractivity contribution in [1.82, 2.24) is 10.9 Å². The summed E-state index contributed by atoms with van der Waals surface area (Å²) >= 11 is 0. The second-order valence-electron chi connectivity index (χ2n) is 5.60. The van der Waals surface area contributed by atoms with E-state index in [0.717, 1.165) is 11.3 Å². The fraction of sp³-hybridized carbons (Fsp3) is 0.333. The van der Waals surface area contributed by atoms with Gasteiger partial charge in [-0.3, -0.25) is 5.43 Å². The Morgan fingerprint density at radius 1 is 1.04 bits per heavy atom. The van der Waals surface area contributed by atoms with Crippen molar-refractivity contribution in [3.8, 4) is 17.2 Å². The molecule has 5 nitrogen and oxygen atoms in total. The molecule has 5 heteroatoms. The zero-order valence-electron chi connectivity index (χ0n) is 13.3. The number of nitrogens with one attached hydrogen (secondary N) is 2. The number of phenols is 1. The maximum Gasteiger partial charge on any atom is 0.136 e. The van der Waals surface area contributed by atoms with Crippen LogP contribution < -0.4 is 20.3 Å². The lowest BCUT2D eigenvalue weighted by Crippen LogP contribution is -2.33. The number of hydrogen-bond donors (Lipinski definition) is 3. The third kappa shape index (κ3) is 3.41. The summed E-state index contributed by atoms with van der Waals surface area (Å²) in [5.74, 6) is 1.67. The van der Waals surface area contributed by atoms with Crippen molar-refractivity contribution in [3.63, 3.8) is 0 Å². The van der Waals surface area contributed by atoms with Gasteiger partial charge < -0.3 is 14.6 Å². The molecule has 2 aromatic carbocycles. The maximum atomic E-state index is 10.3. The monoisotopic (exact) mass is 314 g/mol. The number of ether oxygens (including phenoxy) is 2. The van der Waals surface area contributed by atoms with Crippen molar-refractivity contribution in [2.45, 2.75) is 32.0 Å². The second-order valence-corrected chi connectivity index (χ2v) is 5.60. The van der Waals surface area contributed by atoms with Crippen molar-refractivity contribution in [2.75, 3.05) is 6.61 Å². The standard InChI is InChI=1S/C18H22N2O3/c1-3-22-14-9-10-15(16(21)11-14)17-18(12(2)19-20-17)23-13-7-5-4-6-8-13/h4-12,17-21H,3H2,1-2H3. The molecule has 1 aliphatic heterocycles. The molecule has 0 aromatic heterocycles. The van der Waals surface area contributed by atoms with Gasteiger partial charge in [-0.25, -0.2) is 5.43 Å². The van der Waals surface area contributed by atoms with Crippen molar-refractivity contribution in [1.29, 1.82) is 0 Å². The first-order valence-corrected chi connectivity index (χ1v) is 7.87. The van der Waals surface area contributed by atoms with E-state index < -0.39 is 0 Å². The lowest BCUT2D eigenvalue weighted by Gasteiger charge is -2.23. The molecule has 2 aromatic rings. The van der Waals surface area contributed by atoms with Crippen LogP contribution in [0, 0.1) is 0 Å². The van der Waals surface area contributed by atoms with Crippen LogP contribution in [0.3, 0.4) is 0 Å². The molecule has 3 rings (SSSR count). The molecular weight excluding hydrogens is 292 g/mol. The fourth-order valence-electron chi connectivity index (χ4n) is 2.80. The van der Waals surface area contributed by atoms with Crippen molar-refractivity contribution in [3.05, 3.63) is 54.1 Å². The molecule has 0 bridgehead atoms. The van der Waals surface area contributed by atoms with E-state index in [1.807, 2.05) is 56.3 Å². The van der Waals surface area contributed by atoms with Crippen LogP contribution in [0.1, 0.15) is 25.5 Å². The molecule has 0 saturated carbocycles. The largest absolute Gasteiger partial charge is 0.507 e. The summed E-state index contributed by atoms with van der Waals surface area (Å²) in [4.78, 5) is 0. The predicted octanol–water partition coefficient (Wildman–Crippen LogP) is 2.78. The van der Waals surface area contributed by atoms with Crippen LogP contribution in [0.5, 0.6) is 17.2 Å². The predicted molar refractivity (Wildman–Crippen MR) is 88.6 cm³/mol. The normalized spacial score (nSPS) is 23.7. The molecule has 3 atom stereocenters. The highest BCUT2D eigenvalue weighted by Crippen LogP contribution is 2.34. The van der Waals surface area contributed by atoms with Gasteiger partial charge in [0.25, 0.3) is 0 Å². The Morgan fingerprint density at radius 2 is 1.83 bits per heavy atom. The Balaban J connectivity index is 1.83. The molecule has 23 heavy (non-hydrogen) atoms. The Labute approximate surface area is 136 Å². The van der Waals surface area contributed by atoms with Crippen LogP contribution in [0.4, 0.5) is 0 Å². The number of rotatable bonds is 5. The van der Waals surface area contributed by atoms with Gasteiger partial charge in [0.2, 0.25) is 0 Å². The summed E-state index contributed by atoms with van der Waals surface area (Å²) in [6.45, 7) is 4.53.